The number of nitrogens with zero attached hydrogens (tertiary/aromatic N) is 1. The zero-order chi connectivity index (χ0) is 17.2. The Labute approximate surface area is 144 Å². The van der Waals surface area contributed by atoms with E-state index in [9.17, 15) is 4.79 Å². The summed E-state index contributed by atoms with van der Waals surface area (Å²) in [7, 11) is 1.64. The number of ether oxygens (including phenoxy) is 1. The Kier molecular flexibility index (Phi) is 3.82. The van der Waals surface area contributed by atoms with Gasteiger partial charge in [0.05, 0.1) is 24.7 Å². The minimum atomic E-state index is -0.0742. The van der Waals surface area contributed by atoms with E-state index in [4.69, 9.17) is 4.74 Å². The van der Waals surface area contributed by atoms with E-state index in [2.05, 4.69) is 15.3 Å². The predicted octanol–water partition coefficient (Wildman–Crippen LogP) is 3.91. The third-order valence-corrected chi connectivity index (χ3v) is 4.23. The van der Waals surface area contributed by atoms with Gasteiger partial charge in [0.25, 0.3) is 0 Å². The van der Waals surface area contributed by atoms with E-state index in [1.165, 1.54) is 0 Å². The minimum Gasteiger partial charge on any atom is -0.497 e. The quantitative estimate of drug-likeness (QED) is 0.596. The van der Waals surface area contributed by atoms with Crippen molar-refractivity contribution in [3.8, 4) is 5.75 Å². The Bertz CT molecular complexity index is 1060. The van der Waals surface area contributed by atoms with E-state index < -0.39 is 0 Å². The number of aromatic amines is 1. The van der Waals surface area contributed by atoms with Crippen LogP contribution in [0.4, 0.5) is 5.69 Å². The second-order valence-corrected chi connectivity index (χ2v) is 5.83. The molecule has 1 amide bonds. The van der Waals surface area contributed by atoms with Crippen molar-refractivity contribution in [3.05, 3.63) is 66.5 Å². The van der Waals surface area contributed by atoms with Gasteiger partial charge in [-0.3, -0.25) is 9.78 Å². The lowest BCUT2D eigenvalue weighted by Gasteiger charge is -2.08. The Morgan fingerprint density at radius 2 is 2.08 bits per heavy atom. The monoisotopic (exact) mass is 331 g/mol. The number of carbonyl (C=O) groups excluding carboxylic acids is 1. The molecule has 0 spiro atoms. The first-order chi connectivity index (χ1) is 12.2. The molecule has 4 rings (SSSR count). The van der Waals surface area contributed by atoms with Gasteiger partial charge in [-0.1, -0.05) is 18.2 Å². The van der Waals surface area contributed by atoms with Crippen molar-refractivity contribution in [2.75, 3.05) is 12.4 Å². The van der Waals surface area contributed by atoms with Crippen molar-refractivity contribution < 1.29 is 9.53 Å². The van der Waals surface area contributed by atoms with Crippen molar-refractivity contribution in [1.82, 2.24) is 9.97 Å². The number of H-pyrrole nitrogens is 1. The van der Waals surface area contributed by atoms with Crippen molar-refractivity contribution in [3.63, 3.8) is 0 Å². The largest absolute Gasteiger partial charge is 0.497 e. The van der Waals surface area contributed by atoms with E-state index >= 15 is 0 Å². The summed E-state index contributed by atoms with van der Waals surface area (Å²) in [6, 6.07) is 15.4. The number of hydrogen-bond acceptors (Lipinski definition) is 3. The van der Waals surface area contributed by atoms with Crippen LogP contribution in [0, 0.1) is 0 Å². The molecule has 2 N–H and O–H groups in total. The van der Waals surface area contributed by atoms with Gasteiger partial charge in [0.1, 0.15) is 5.75 Å². The summed E-state index contributed by atoms with van der Waals surface area (Å²) in [6.45, 7) is 0. The fraction of sp³-hybridized carbons (Fsp3) is 0.100. The summed E-state index contributed by atoms with van der Waals surface area (Å²) in [6.07, 6.45) is 3.88. The molecule has 0 atom stereocenters. The maximum Gasteiger partial charge on any atom is 0.228 e. The fourth-order valence-corrected chi connectivity index (χ4v) is 3.01. The third-order valence-electron chi connectivity index (χ3n) is 4.23. The van der Waals surface area contributed by atoms with Crippen molar-refractivity contribution in [2.45, 2.75) is 6.42 Å². The van der Waals surface area contributed by atoms with Gasteiger partial charge in [-0.25, -0.2) is 0 Å². The maximum absolute atomic E-state index is 12.5. The van der Waals surface area contributed by atoms with Crippen molar-refractivity contribution in [1.29, 1.82) is 0 Å². The highest BCUT2D eigenvalue weighted by molar-refractivity contribution is 6.02. The molecule has 0 unspecified atom stereocenters. The molecule has 0 aliphatic heterocycles. The first-order valence-electron chi connectivity index (χ1n) is 8.02. The van der Waals surface area contributed by atoms with Gasteiger partial charge < -0.3 is 15.0 Å². The molecule has 0 radical (unpaired) electrons. The molecule has 0 saturated carbocycles. The number of methoxy groups -OCH3 is 1. The standard InChI is InChI=1S/C20H17N3O2/c1-25-15-7-8-16-14(12-22-18(16)11-15)10-19(24)23-17-6-2-4-13-5-3-9-21-20(13)17/h2-9,11-12,22H,10H2,1H3,(H,23,24). The van der Waals surface area contributed by atoms with Crippen LogP contribution in [0.1, 0.15) is 5.56 Å². The highest BCUT2D eigenvalue weighted by Gasteiger charge is 2.11. The summed E-state index contributed by atoms with van der Waals surface area (Å²) in [5, 5.41) is 4.99. The molecule has 2 heterocycles. The van der Waals surface area contributed by atoms with Gasteiger partial charge in [0.2, 0.25) is 5.91 Å². The number of carbonyl (C=O) groups is 1. The molecule has 0 aliphatic rings. The van der Waals surface area contributed by atoms with E-state index in [0.717, 1.165) is 38.8 Å². The van der Waals surface area contributed by atoms with Crippen LogP contribution in [-0.2, 0) is 11.2 Å². The number of hydrogen-bond donors (Lipinski definition) is 2. The summed E-state index contributed by atoms with van der Waals surface area (Å²) in [5.41, 5.74) is 3.42. The maximum atomic E-state index is 12.5. The Balaban J connectivity index is 1.58. The topological polar surface area (TPSA) is 67.0 Å². The third kappa shape index (κ3) is 2.92. The number of para-hydroxylation sites is 1. The zero-order valence-corrected chi connectivity index (χ0v) is 13.7. The van der Waals surface area contributed by atoms with E-state index in [0.29, 0.717) is 0 Å². The molecule has 2 aromatic heterocycles. The van der Waals surface area contributed by atoms with Crippen LogP contribution in [0.5, 0.6) is 5.75 Å². The van der Waals surface area contributed by atoms with Gasteiger partial charge in [0.15, 0.2) is 0 Å². The van der Waals surface area contributed by atoms with Crippen molar-refractivity contribution in [2.24, 2.45) is 0 Å². The van der Waals surface area contributed by atoms with Crippen LogP contribution in [0.2, 0.25) is 0 Å². The van der Waals surface area contributed by atoms with Crippen LogP contribution in [0.15, 0.2) is 60.9 Å². The van der Waals surface area contributed by atoms with Gasteiger partial charge >= 0.3 is 0 Å². The Morgan fingerprint density at radius 1 is 1.20 bits per heavy atom. The number of fused-ring (bicyclic) bond motifs is 2. The molecule has 25 heavy (non-hydrogen) atoms. The van der Waals surface area contributed by atoms with Crippen LogP contribution in [-0.4, -0.2) is 23.0 Å². The Morgan fingerprint density at radius 3 is 2.96 bits per heavy atom. The number of pyridine rings is 1. The molecule has 4 aromatic rings. The molecule has 0 aliphatic carbocycles. The molecule has 0 fully saturated rings. The fourth-order valence-electron chi connectivity index (χ4n) is 3.01. The summed E-state index contributed by atoms with van der Waals surface area (Å²) >= 11 is 0. The second-order valence-electron chi connectivity index (χ2n) is 5.83. The summed E-state index contributed by atoms with van der Waals surface area (Å²) in [5.74, 6) is 0.710. The number of aromatic nitrogens is 2. The normalized spacial score (nSPS) is 10.9. The Hall–Kier alpha value is -3.34. The minimum absolute atomic E-state index is 0.0742. The second kappa shape index (κ2) is 6.28. The van der Waals surface area contributed by atoms with Crippen LogP contribution in [0.25, 0.3) is 21.8 Å². The average Bonchev–Trinajstić information content (AvgIpc) is 3.04. The van der Waals surface area contributed by atoms with E-state index in [-0.39, 0.29) is 12.3 Å². The molecular weight excluding hydrogens is 314 g/mol. The first-order valence-corrected chi connectivity index (χ1v) is 8.02. The van der Waals surface area contributed by atoms with Gasteiger partial charge in [-0.15, -0.1) is 0 Å². The average molecular weight is 331 g/mol. The van der Waals surface area contributed by atoms with Crippen LogP contribution >= 0.6 is 0 Å². The van der Waals surface area contributed by atoms with E-state index in [1.807, 2.05) is 54.7 Å². The van der Waals surface area contributed by atoms with E-state index in [1.54, 1.807) is 13.3 Å². The number of nitrogens with one attached hydrogen (secondary N) is 2. The van der Waals surface area contributed by atoms with Gasteiger partial charge in [-0.05, 0) is 29.8 Å². The number of anilines is 1. The highest BCUT2D eigenvalue weighted by atomic mass is 16.5. The number of benzene rings is 2. The molecule has 5 nitrogen and oxygen atoms in total. The van der Waals surface area contributed by atoms with Crippen LogP contribution in [0.3, 0.4) is 0 Å². The smallest absolute Gasteiger partial charge is 0.228 e. The lowest BCUT2D eigenvalue weighted by molar-refractivity contribution is -0.115. The molecule has 2 aromatic carbocycles. The first kappa shape index (κ1) is 15.2. The lowest BCUT2D eigenvalue weighted by atomic mass is 10.1. The summed E-state index contributed by atoms with van der Waals surface area (Å²) in [4.78, 5) is 20.1. The molecular formula is C20H17N3O2. The zero-order valence-electron chi connectivity index (χ0n) is 13.7. The van der Waals surface area contributed by atoms with Crippen LogP contribution < -0.4 is 10.1 Å². The molecule has 0 bridgehead atoms. The van der Waals surface area contributed by atoms with Crippen molar-refractivity contribution >= 4 is 33.4 Å². The SMILES string of the molecule is COc1ccc2c(CC(=O)Nc3cccc4cccnc34)c[nH]c2c1. The number of amides is 1. The molecule has 5 heteroatoms. The molecule has 0 saturated heterocycles. The highest BCUT2D eigenvalue weighted by Crippen LogP contribution is 2.25. The number of rotatable bonds is 4. The van der Waals surface area contributed by atoms with Gasteiger partial charge in [-0.2, -0.15) is 0 Å². The predicted molar refractivity (Wildman–Crippen MR) is 98.9 cm³/mol. The molecule has 124 valence electrons. The van der Waals surface area contributed by atoms with Gasteiger partial charge in [0, 0.05) is 34.7 Å². The summed E-state index contributed by atoms with van der Waals surface area (Å²) < 4.78 is 5.23. The lowest BCUT2D eigenvalue weighted by Crippen LogP contribution is -2.14.